The van der Waals surface area contributed by atoms with E-state index < -0.39 is 0 Å². The van der Waals surface area contributed by atoms with Crippen LogP contribution in [-0.4, -0.2) is 61.5 Å². The standard InChI is InChI=1S/C22H35N3O/c1-23(2)14-8-16-25(17-9-15-24(3)4)18-21-20-11-7-6-10-19(20)12-13-22(21)26-5/h6-7,10-13H,8-9,14-18H2,1-5H3/p+3. The predicted molar refractivity (Wildman–Crippen MR) is 109 cm³/mol. The predicted octanol–water partition coefficient (Wildman–Crippen LogP) is -0.697. The number of quaternary nitrogens is 3. The summed E-state index contributed by atoms with van der Waals surface area (Å²) in [7, 11) is 10.7. The Morgan fingerprint density at radius 3 is 1.96 bits per heavy atom. The number of rotatable bonds is 11. The summed E-state index contributed by atoms with van der Waals surface area (Å²) in [6.07, 6.45) is 2.53. The third-order valence-electron chi connectivity index (χ3n) is 5.06. The first-order valence-corrected chi connectivity index (χ1v) is 9.97. The quantitative estimate of drug-likeness (QED) is 0.485. The summed E-state index contributed by atoms with van der Waals surface area (Å²) in [6.45, 7) is 5.95. The Hall–Kier alpha value is -1.62. The second-order valence-corrected chi connectivity index (χ2v) is 8.02. The molecular weight excluding hydrogens is 322 g/mol. The van der Waals surface area contributed by atoms with E-state index >= 15 is 0 Å². The van der Waals surface area contributed by atoms with Gasteiger partial charge in [-0.3, -0.25) is 0 Å². The minimum Gasteiger partial charge on any atom is -0.496 e. The highest BCUT2D eigenvalue weighted by molar-refractivity contribution is 5.87. The molecule has 0 bridgehead atoms. The van der Waals surface area contributed by atoms with Gasteiger partial charge in [-0.25, -0.2) is 0 Å². The highest BCUT2D eigenvalue weighted by atomic mass is 16.5. The van der Waals surface area contributed by atoms with E-state index in [9.17, 15) is 0 Å². The van der Waals surface area contributed by atoms with Crippen molar-refractivity contribution in [1.29, 1.82) is 0 Å². The second-order valence-electron chi connectivity index (χ2n) is 8.02. The molecule has 26 heavy (non-hydrogen) atoms. The molecule has 0 aromatic heterocycles. The molecule has 0 saturated carbocycles. The molecule has 144 valence electrons. The molecule has 0 amide bonds. The highest BCUT2D eigenvalue weighted by Gasteiger charge is 2.17. The van der Waals surface area contributed by atoms with E-state index in [1.165, 1.54) is 65.2 Å². The van der Waals surface area contributed by atoms with Crippen molar-refractivity contribution in [3.05, 3.63) is 42.0 Å². The van der Waals surface area contributed by atoms with Crippen molar-refractivity contribution in [2.24, 2.45) is 0 Å². The molecule has 2 rings (SSSR count). The summed E-state index contributed by atoms with van der Waals surface area (Å²) in [5.74, 6) is 1.03. The molecule has 0 fully saturated rings. The normalized spacial score (nSPS) is 11.8. The Kier molecular flexibility index (Phi) is 8.36. The highest BCUT2D eigenvalue weighted by Crippen LogP contribution is 2.27. The molecule has 0 radical (unpaired) electrons. The Labute approximate surface area is 159 Å². The van der Waals surface area contributed by atoms with Gasteiger partial charge in [0.25, 0.3) is 0 Å². The molecule has 0 aliphatic heterocycles. The summed E-state index contributed by atoms with van der Waals surface area (Å²) in [5.41, 5.74) is 1.36. The Morgan fingerprint density at radius 1 is 0.769 bits per heavy atom. The van der Waals surface area contributed by atoms with Gasteiger partial charge in [-0.1, -0.05) is 30.3 Å². The maximum Gasteiger partial charge on any atom is 0.128 e. The van der Waals surface area contributed by atoms with Gasteiger partial charge in [-0.2, -0.15) is 0 Å². The molecule has 4 heteroatoms. The summed E-state index contributed by atoms with van der Waals surface area (Å²) >= 11 is 0. The number of ether oxygens (including phenoxy) is 1. The van der Waals surface area contributed by atoms with Crippen LogP contribution in [0.1, 0.15) is 18.4 Å². The molecule has 2 aromatic rings. The van der Waals surface area contributed by atoms with Crippen LogP contribution in [0.25, 0.3) is 10.8 Å². The van der Waals surface area contributed by atoms with Gasteiger partial charge < -0.3 is 19.4 Å². The van der Waals surface area contributed by atoms with E-state index in [2.05, 4.69) is 64.6 Å². The molecule has 0 aliphatic rings. The average molecular weight is 361 g/mol. The lowest BCUT2D eigenvalue weighted by Crippen LogP contribution is -3.13. The Bertz CT molecular complexity index is 655. The lowest BCUT2D eigenvalue weighted by molar-refractivity contribution is -0.925. The fourth-order valence-electron chi connectivity index (χ4n) is 3.63. The van der Waals surface area contributed by atoms with Crippen LogP contribution in [0.3, 0.4) is 0 Å². The van der Waals surface area contributed by atoms with E-state index in [1.807, 2.05) is 0 Å². The largest absolute Gasteiger partial charge is 0.496 e. The van der Waals surface area contributed by atoms with Gasteiger partial charge in [0.15, 0.2) is 0 Å². The van der Waals surface area contributed by atoms with E-state index in [0.717, 1.165) is 12.3 Å². The fraction of sp³-hybridized carbons (Fsp3) is 0.545. The molecule has 3 N–H and O–H groups in total. The maximum atomic E-state index is 5.72. The molecule has 0 heterocycles. The minimum absolute atomic E-state index is 1.03. The van der Waals surface area contributed by atoms with E-state index in [4.69, 9.17) is 4.74 Å². The van der Waals surface area contributed by atoms with Crippen molar-refractivity contribution in [3.8, 4) is 5.75 Å². The SMILES string of the molecule is COc1ccc2ccccc2c1C[NH+](CCC[NH+](C)C)CCC[NH+](C)C. The maximum absolute atomic E-state index is 5.72. The van der Waals surface area contributed by atoms with Crippen LogP contribution in [0, 0.1) is 0 Å². The van der Waals surface area contributed by atoms with E-state index in [1.54, 1.807) is 12.0 Å². The number of nitrogens with one attached hydrogen (secondary N) is 3. The number of fused-ring (bicyclic) bond motifs is 1. The summed E-state index contributed by atoms with van der Waals surface area (Å²) in [5, 5.41) is 2.64. The van der Waals surface area contributed by atoms with Gasteiger partial charge in [-0.15, -0.1) is 0 Å². The van der Waals surface area contributed by atoms with Crippen molar-refractivity contribution in [1.82, 2.24) is 0 Å². The van der Waals surface area contributed by atoms with Crippen molar-refractivity contribution >= 4 is 10.8 Å². The lowest BCUT2D eigenvalue weighted by Gasteiger charge is -2.22. The number of benzene rings is 2. The zero-order valence-corrected chi connectivity index (χ0v) is 17.3. The number of hydrogen-bond donors (Lipinski definition) is 3. The first-order valence-electron chi connectivity index (χ1n) is 9.97. The molecule has 0 atom stereocenters. The molecule has 4 nitrogen and oxygen atoms in total. The van der Waals surface area contributed by atoms with Gasteiger partial charge in [0.2, 0.25) is 0 Å². The van der Waals surface area contributed by atoms with Crippen molar-refractivity contribution in [3.63, 3.8) is 0 Å². The topological polar surface area (TPSA) is 22.6 Å². The summed E-state index contributed by atoms with van der Waals surface area (Å²) in [6, 6.07) is 13.0. The van der Waals surface area contributed by atoms with Gasteiger partial charge in [0.1, 0.15) is 12.3 Å². The average Bonchev–Trinajstić information content (AvgIpc) is 2.61. The fourth-order valence-corrected chi connectivity index (χ4v) is 3.63. The minimum atomic E-state index is 1.03. The van der Waals surface area contributed by atoms with Crippen LogP contribution in [-0.2, 0) is 6.54 Å². The molecule has 2 aromatic carbocycles. The lowest BCUT2D eigenvalue weighted by atomic mass is 10.0. The zero-order valence-electron chi connectivity index (χ0n) is 17.3. The smallest absolute Gasteiger partial charge is 0.128 e. The van der Waals surface area contributed by atoms with Crippen LogP contribution in [0.5, 0.6) is 5.75 Å². The number of methoxy groups -OCH3 is 1. The molecule has 0 saturated heterocycles. The van der Waals surface area contributed by atoms with Crippen molar-refractivity contribution in [2.75, 3.05) is 61.5 Å². The van der Waals surface area contributed by atoms with Crippen molar-refractivity contribution < 1.29 is 19.4 Å². The molecule has 0 unspecified atom stereocenters. The van der Waals surface area contributed by atoms with Crippen LogP contribution in [0.2, 0.25) is 0 Å². The van der Waals surface area contributed by atoms with Crippen LogP contribution >= 0.6 is 0 Å². The van der Waals surface area contributed by atoms with Gasteiger partial charge >= 0.3 is 0 Å². The monoisotopic (exact) mass is 360 g/mol. The number of hydrogen-bond acceptors (Lipinski definition) is 1. The molecule has 0 spiro atoms. The van der Waals surface area contributed by atoms with Crippen LogP contribution in [0.15, 0.2) is 36.4 Å². The first-order chi connectivity index (χ1) is 12.5. The van der Waals surface area contributed by atoms with Gasteiger partial charge in [0.05, 0.1) is 67.0 Å². The third-order valence-corrected chi connectivity index (χ3v) is 5.06. The summed E-state index contributed by atoms with van der Waals surface area (Å²) < 4.78 is 5.72. The van der Waals surface area contributed by atoms with E-state index in [0.29, 0.717) is 0 Å². The summed E-state index contributed by atoms with van der Waals surface area (Å²) in [4.78, 5) is 4.73. The Balaban J connectivity index is 2.18. The van der Waals surface area contributed by atoms with Crippen molar-refractivity contribution in [2.45, 2.75) is 19.4 Å². The van der Waals surface area contributed by atoms with Crippen LogP contribution in [0.4, 0.5) is 0 Å². The molecular formula is C22H38N3O+3. The first kappa shape index (κ1) is 20.7. The van der Waals surface area contributed by atoms with Gasteiger partial charge in [0, 0.05) is 12.8 Å². The van der Waals surface area contributed by atoms with E-state index in [-0.39, 0.29) is 0 Å². The second kappa shape index (κ2) is 10.5. The Morgan fingerprint density at radius 2 is 1.38 bits per heavy atom. The van der Waals surface area contributed by atoms with Gasteiger partial charge in [-0.05, 0) is 16.8 Å². The third kappa shape index (κ3) is 6.27. The van der Waals surface area contributed by atoms with Crippen LogP contribution < -0.4 is 19.4 Å². The molecule has 0 aliphatic carbocycles. The zero-order chi connectivity index (χ0) is 18.9.